The number of ketones is 2. The van der Waals surface area contributed by atoms with Gasteiger partial charge in [0.15, 0.2) is 0 Å². The summed E-state index contributed by atoms with van der Waals surface area (Å²) in [5.41, 5.74) is 0.954. The number of fused-ring (bicyclic) bond motifs is 2. The van der Waals surface area contributed by atoms with Crippen molar-refractivity contribution in [3.05, 3.63) is 39.1 Å². The maximum absolute atomic E-state index is 12.2. The van der Waals surface area contributed by atoms with Gasteiger partial charge >= 0.3 is 0 Å². The molecular formula is C17H15ClO5. The van der Waals surface area contributed by atoms with Crippen LogP contribution in [0.5, 0.6) is 5.75 Å². The van der Waals surface area contributed by atoms with Gasteiger partial charge < -0.3 is 14.9 Å². The Bertz CT molecular complexity index is 804. The fourth-order valence-electron chi connectivity index (χ4n) is 3.02. The van der Waals surface area contributed by atoms with E-state index in [2.05, 4.69) is 0 Å². The Balaban J connectivity index is 2.33. The fourth-order valence-corrected chi connectivity index (χ4v) is 3.20. The SMILES string of the molecule is CCCC1OC(C)=Cc2cc3c(c(O)c21)C(O)=C(Cl)C(=O)C3=O. The number of Topliss-reactive ketones (excluding diaryl/α,β-unsaturated/α-hetero) is 2. The Morgan fingerprint density at radius 3 is 2.61 bits per heavy atom. The lowest BCUT2D eigenvalue weighted by atomic mass is 9.85. The largest absolute Gasteiger partial charge is 0.507 e. The maximum Gasteiger partial charge on any atom is 0.248 e. The molecule has 2 N–H and O–H groups in total. The molecule has 1 unspecified atom stereocenters. The zero-order valence-electron chi connectivity index (χ0n) is 12.6. The van der Waals surface area contributed by atoms with Crippen LogP contribution < -0.4 is 0 Å². The molecule has 3 rings (SSSR count). The number of phenols is 1. The van der Waals surface area contributed by atoms with Crippen molar-refractivity contribution in [1.29, 1.82) is 0 Å². The first-order valence-corrected chi connectivity index (χ1v) is 7.67. The number of halogens is 1. The number of aliphatic hydroxyl groups excluding tert-OH is 1. The van der Waals surface area contributed by atoms with Gasteiger partial charge in [0.2, 0.25) is 11.6 Å². The predicted molar refractivity (Wildman–Crippen MR) is 85.2 cm³/mol. The van der Waals surface area contributed by atoms with Crippen LogP contribution in [-0.2, 0) is 9.53 Å². The van der Waals surface area contributed by atoms with Crippen LogP contribution in [-0.4, -0.2) is 21.8 Å². The molecule has 1 aliphatic carbocycles. The summed E-state index contributed by atoms with van der Waals surface area (Å²) in [6.45, 7) is 3.77. The maximum atomic E-state index is 12.2. The number of benzene rings is 1. The van der Waals surface area contributed by atoms with Gasteiger partial charge in [0.05, 0.1) is 11.3 Å². The summed E-state index contributed by atoms with van der Waals surface area (Å²) in [6, 6.07) is 1.50. The van der Waals surface area contributed by atoms with Crippen LogP contribution in [0.2, 0.25) is 0 Å². The molecule has 1 heterocycles. The van der Waals surface area contributed by atoms with Crippen molar-refractivity contribution in [1.82, 2.24) is 0 Å². The second kappa shape index (κ2) is 5.42. The Morgan fingerprint density at radius 2 is 1.96 bits per heavy atom. The topological polar surface area (TPSA) is 83.8 Å². The molecule has 1 aliphatic heterocycles. The smallest absolute Gasteiger partial charge is 0.248 e. The second-order valence-corrected chi connectivity index (χ2v) is 6.00. The van der Waals surface area contributed by atoms with Crippen LogP contribution in [0, 0.1) is 0 Å². The Kier molecular flexibility index (Phi) is 3.68. The quantitative estimate of drug-likeness (QED) is 0.802. The van der Waals surface area contributed by atoms with Gasteiger partial charge in [-0.2, -0.15) is 0 Å². The number of allylic oxidation sites excluding steroid dienone is 2. The first-order valence-electron chi connectivity index (χ1n) is 7.29. The number of hydrogen-bond acceptors (Lipinski definition) is 5. The van der Waals surface area contributed by atoms with Gasteiger partial charge in [0.1, 0.15) is 22.6 Å². The van der Waals surface area contributed by atoms with Crippen molar-refractivity contribution >= 4 is 35.0 Å². The van der Waals surface area contributed by atoms with E-state index >= 15 is 0 Å². The molecule has 0 amide bonds. The van der Waals surface area contributed by atoms with Gasteiger partial charge in [0, 0.05) is 11.1 Å². The molecule has 1 atom stereocenters. The number of aliphatic hydroxyl groups is 1. The summed E-state index contributed by atoms with van der Waals surface area (Å²) in [6.07, 6.45) is 2.80. The summed E-state index contributed by atoms with van der Waals surface area (Å²) in [5, 5.41) is 20.2. The molecule has 5 nitrogen and oxygen atoms in total. The molecular weight excluding hydrogens is 320 g/mol. The van der Waals surface area contributed by atoms with Gasteiger partial charge in [-0.15, -0.1) is 0 Å². The lowest BCUT2D eigenvalue weighted by molar-refractivity contribution is -0.111. The number of carbonyl (C=O) groups is 2. The van der Waals surface area contributed by atoms with Crippen molar-refractivity contribution < 1.29 is 24.5 Å². The molecule has 0 saturated carbocycles. The third-order valence-corrected chi connectivity index (χ3v) is 4.38. The zero-order valence-corrected chi connectivity index (χ0v) is 13.4. The average Bonchev–Trinajstić information content (AvgIpc) is 2.50. The van der Waals surface area contributed by atoms with Crippen LogP contribution in [0.4, 0.5) is 0 Å². The highest BCUT2D eigenvalue weighted by Crippen LogP contribution is 2.46. The summed E-state index contributed by atoms with van der Waals surface area (Å²) in [5.74, 6) is -2.01. The van der Waals surface area contributed by atoms with Gasteiger partial charge in [0.25, 0.3) is 0 Å². The summed E-state index contributed by atoms with van der Waals surface area (Å²) in [7, 11) is 0. The molecule has 6 heteroatoms. The molecule has 23 heavy (non-hydrogen) atoms. The summed E-state index contributed by atoms with van der Waals surface area (Å²) >= 11 is 5.72. The lowest BCUT2D eigenvalue weighted by Crippen LogP contribution is -2.23. The van der Waals surface area contributed by atoms with Crippen LogP contribution in [0.25, 0.3) is 11.8 Å². The highest BCUT2D eigenvalue weighted by atomic mass is 35.5. The van der Waals surface area contributed by atoms with E-state index in [-0.39, 0.29) is 23.0 Å². The van der Waals surface area contributed by atoms with Crippen molar-refractivity contribution in [2.24, 2.45) is 0 Å². The second-order valence-electron chi connectivity index (χ2n) is 5.62. The van der Waals surface area contributed by atoms with E-state index in [1.165, 1.54) is 6.07 Å². The summed E-state index contributed by atoms with van der Waals surface area (Å²) in [4.78, 5) is 23.9. The number of phenolic OH excluding ortho intramolecular Hbond substituents is 1. The average molecular weight is 335 g/mol. The third kappa shape index (κ3) is 2.23. The van der Waals surface area contributed by atoms with Gasteiger partial charge in [-0.05, 0) is 31.1 Å². The minimum absolute atomic E-state index is 0.0469. The molecule has 2 aliphatic rings. The highest BCUT2D eigenvalue weighted by molar-refractivity contribution is 6.64. The molecule has 1 aromatic rings. The number of hydrogen-bond donors (Lipinski definition) is 2. The Morgan fingerprint density at radius 1 is 1.26 bits per heavy atom. The number of rotatable bonds is 2. The van der Waals surface area contributed by atoms with E-state index < -0.39 is 22.4 Å². The van der Waals surface area contributed by atoms with E-state index in [1.54, 1.807) is 13.0 Å². The van der Waals surface area contributed by atoms with Crippen molar-refractivity contribution in [2.45, 2.75) is 32.8 Å². The Labute approximate surface area is 137 Å². The van der Waals surface area contributed by atoms with E-state index in [9.17, 15) is 19.8 Å². The number of ether oxygens (including phenoxy) is 1. The summed E-state index contributed by atoms with van der Waals surface area (Å²) < 4.78 is 5.75. The predicted octanol–water partition coefficient (Wildman–Crippen LogP) is 3.86. The van der Waals surface area contributed by atoms with E-state index in [1.807, 2.05) is 6.92 Å². The number of carbonyl (C=O) groups excluding carboxylic acids is 2. The standard InChI is InChI=1S/C17H15ClO5/c1-3-4-10-11-8(5-7(2)23-10)6-9-12(15(11)20)16(21)13(18)17(22)14(9)19/h5-6,10,20-21H,3-4H2,1-2H3. The van der Waals surface area contributed by atoms with Gasteiger partial charge in [-0.1, -0.05) is 24.9 Å². The van der Waals surface area contributed by atoms with E-state index in [0.29, 0.717) is 23.3 Å². The Hall–Kier alpha value is -2.27. The van der Waals surface area contributed by atoms with E-state index in [0.717, 1.165) is 6.42 Å². The highest BCUT2D eigenvalue weighted by Gasteiger charge is 2.37. The first-order chi connectivity index (χ1) is 10.9. The number of aromatic hydroxyl groups is 1. The molecule has 0 saturated heterocycles. The van der Waals surface area contributed by atoms with Crippen molar-refractivity contribution in [2.75, 3.05) is 0 Å². The van der Waals surface area contributed by atoms with Gasteiger partial charge in [-0.3, -0.25) is 9.59 Å². The molecule has 120 valence electrons. The first kappa shape index (κ1) is 15.6. The minimum atomic E-state index is -0.978. The van der Waals surface area contributed by atoms with Crippen LogP contribution in [0.1, 0.15) is 59.8 Å². The molecule has 1 aromatic carbocycles. The normalized spacial score (nSPS) is 20.0. The minimum Gasteiger partial charge on any atom is -0.507 e. The molecule has 0 aromatic heterocycles. The monoisotopic (exact) mass is 334 g/mol. The van der Waals surface area contributed by atoms with Crippen LogP contribution in [0.15, 0.2) is 16.9 Å². The lowest BCUT2D eigenvalue weighted by Gasteiger charge is -2.29. The molecule has 0 radical (unpaired) electrons. The van der Waals surface area contributed by atoms with Crippen molar-refractivity contribution in [3.8, 4) is 5.75 Å². The fraction of sp³-hybridized carbons (Fsp3) is 0.294. The van der Waals surface area contributed by atoms with E-state index in [4.69, 9.17) is 16.3 Å². The van der Waals surface area contributed by atoms with Crippen LogP contribution in [0.3, 0.4) is 0 Å². The molecule has 0 fully saturated rings. The molecule has 0 spiro atoms. The van der Waals surface area contributed by atoms with Gasteiger partial charge in [-0.25, -0.2) is 0 Å². The molecule has 0 bridgehead atoms. The zero-order chi connectivity index (χ0) is 16.9. The third-order valence-electron chi connectivity index (χ3n) is 4.03. The van der Waals surface area contributed by atoms with Crippen LogP contribution >= 0.6 is 11.6 Å². The van der Waals surface area contributed by atoms with Crippen molar-refractivity contribution in [3.63, 3.8) is 0 Å².